The summed E-state index contributed by atoms with van der Waals surface area (Å²) in [6.07, 6.45) is 3.88. The Labute approximate surface area is 228 Å². The Balaban J connectivity index is 0.00000294. The summed E-state index contributed by atoms with van der Waals surface area (Å²) in [5.74, 6) is 2.02. The molecule has 38 heavy (non-hydrogen) atoms. The van der Waals surface area contributed by atoms with Gasteiger partial charge in [0.15, 0.2) is 0 Å². The van der Waals surface area contributed by atoms with Gasteiger partial charge in [0.2, 0.25) is 0 Å². The van der Waals surface area contributed by atoms with Crippen LogP contribution in [0.4, 0.5) is 0 Å². The van der Waals surface area contributed by atoms with Crippen molar-refractivity contribution in [3.63, 3.8) is 0 Å². The second kappa shape index (κ2) is 11.3. The maximum Gasteiger partial charge on any atom is 0.338 e. The Hall–Kier alpha value is -3.74. The Morgan fingerprint density at radius 2 is 1.63 bits per heavy atom. The molecule has 6 nitrogen and oxygen atoms in total. The minimum Gasteiger partial charge on any atom is -0.508 e. The maximum absolute atomic E-state index is 12.2. The standard InChI is InChI=1S/C31H29NO5.ClH/c33-24-7-13-28-21(18-24)6-12-27(22-4-5-23-20-36-31(34)29(23)19-22)30(28)37-26-10-8-25(9-11-26)35-17-16-32-14-2-1-3-15-32;/h4-13,18-19,33H,1-3,14-17,20H2;1H. The smallest absolute Gasteiger partial charge is 0.338 e. The van der Waals surface area contributed by atoms with Crippen molar-refractivity contribution in [1.29, 1.82) is 0 Å². The van der Waals surface area contributed by atoms with E-state index in [9.17, 15) is 9.90 Å². The first kappa shape index (κ1) is 25.9. The molecule has 0 saturated carbocycles. The number of hydrogen-bond donors (Lipinski definition) is 1. The number of nitrogens with zero attached hydrogens (tertiary/aromatic N) is 1. The number of rotatable bonds is 7. The minimum atomic E-state index is -0.305. The van der Waals surface area contributed by atoms with Crippen LogP contribution in [0.15, 0.2) is 72.8 Å². The summed E-state index contributed by atoms with van der Waals surface area (Å²) < 4.78 is 17.6. The van der Waals surface area contributed by atoms with E-state index in [0.29, 0.717) is 30.3 Å². The molecule has 1 saturated heterocycles. The normalized spacial score (nSPS) is 15.0. The number of piperidine rings is 1. The van der Waals surface area contributed by atoms with Crippen molar-refractivity contribution in [2.45, 2.75) is 25.9 Å². The van der Waals surface area contributed by atoms with Crippen molar-refractivity contribution in [3.8, 4) is 34.1 Å². The number of benzene rings is 4. The van der Waals surface area contributed by atoms with Crippen LogP contribution in [0, 0.1) is 0 Å². The summed E-state index contributed by atoms with van der Waals surface area (Å²) in [5, 5.41) is 11.7. The molecule has 2 heterocycles. The van der Waals surface area contributed by atoms with Crippen LogP contribution < -0.4 is 9.47 Å². The lowest BCUT2D eigenvalue weighted by Gasteiger charge is -2.26. The number of likely N-dealkylation sites (tertiary alicyclic amines) is 1. The predicted octanol–water partition coefficient (Wildman–Crippen LogP) is 6.96. The first-order valence-electron chi connectivity index (χ1n) is 12.8. The van der Waals surface area contributed by atoms with E-state index in [0.717, 1.165) is 52.8 Å². The minimum absolute atomic E-state index is 0. The van der Waals surface area contributed by atoms with E-state index >= 15 is 0 Å². The van der Waals surface area contributed by atoms with E-state index in [2.05, 4.69) is 4.90 Å². The van der Waals surface area contributed by atoms with Crippen molar-refractivity contribution in [3.05, 3.63) is 83.9 Å². The van der Waals surface area contributed by atoms with Gasteiger partial charge >= 0.3 is 5.97 Å². The van der Waals surface area contributed by atoms with Crippen LogP contribution in [0.5, 0.6) is 23.0 Å². The summed E-state index contributed by atoms with van der Waals surface area (Å²) in [6.45, 7) is 4.23. The van der Waals surface area contributed by atoms with Gasteiger partial charge < -0.3 is 19.3 Å². The van der Waals surface area contributed by atoms with Gasteiger partial charge in [0.1, 0.15) is 36.2 Å². The fraction of sp³-hybridized carbons (Fsp3) is 0.258. The Morgan fingerprint density at radius 3 is 2.45 bits per heavy atom. The van der Waals surface area contributed by atoms with Gasteiger partial charge in [-0.05, 0) is 91.5 Å². The molecule has 0 aliphatic carbocycles. The number of cyclic esters (lactones) is 1. The molecule has 2 aliphatic rings. The van der Waals surface area contributed by atoms with E-state index in [1.165, 1.54) is 19.3 Å². The lowest BCUT2D eigenvalue weighted by Crippen LogP contribution is -2.33. The Morgan fingerprint density at radius 1 is 0.842 bits per heavy atom. The molecule has 1 fully saturated rings. The predicted molar refractivity (Wildman–Crippen MR) is 150 cm³/mol. The molecule has 1 N–H and O–H groups in total. The molecule has 7 heteroatoms. The number of halogens is 1. The molecule has 196 valence electrons. The van der Waals surface area contributed by atoms with Crippen molar-refractivity contribution in [2.75, 3.05) is 26.2 Å². The molecule has 0 amide bonds. The number of carbonyl (C=O) groups is 1. The van der Waals surface area contributed by atoms with Crippen LogP contribution >= 0.6 is 12.4 Å². The van der Waals surface area contributed by atoms with Crippen LogP contribution in [0.2, 0.25) is 0 Å². The third-order valence-corrected chi connectivity index (χ3v) is 7.12. The van der Waals surface area contributed by atoms with Gasteiger partial charge in [-0.3, -0.25) is 4.90 Å². The van der Waals surface area contributed by atoms with Crippen molar-refractivity contribution < 1.29 is 24.1 Å². The molecule has 6 rings (SSSR count). The van der Waals surface area contributed by atoms with Crippen molar-refractivity contribution in [1.82, 2.24) is 4.90 Å². The van der Waals surface area contributed by atoms with Gasteiger partial charge in [0.25, 0.3) is 0 Å². The fourth-order valence-electron chi connectivity index (χ4n) is 5.10. The first-order chi connectivity index (χ1) is 18.1. The van der Waals surface area contributed by atoms with Crippen molar-refractivity contribution in [2.24, 2.45) is 0 Å². The highest BCUT2D eigenvalue weighted by molar-refractivity contribution is 5.98. The van der Waals surface area contributed by atoms with Crippen LogP contribution in [-0.4, -0.2) is 42.2 Å². The van der Waals surface area contributed by atoms with E-state index < -0.39 is 0 Å². The molecule has 4 aromatic rings. The number of fused-ring (bicyclic) bond motifs is 2. The topological polar surface area (TPSA) is 68.2 Å². The lowest BCUT2D eigenvalue weighted by molar-refractivity contribution is 0.0535. The van der Waals surface area contributed by atoms with E-state index in [4.69, 9.17) is 14.2 Å². The number of esters is 1. The van der Waals surface area contributed by atoms with Crippen LogP contribution in [0.1, 0.15) is 35.2 Å². The average Bonchev–Trinajstić information content (AvgIpc) is 3.30. The van der Waals surface area contributed by atoms with Gasteiger partial charge in [0, 0.05) is 23.1 Å². The molecular weight excluding hydrogens is 502 g/mol. The van der Waals surface area contributed by atoms with Crippen LogP contribution in [0.3, 0.4) is 0 Å². The number of hydrogen-bond acceptors (Lipinski definition) is 6. The van der Waals surface area contributed by atoms with Gasteiger partial charge in [0.05, 0.1) is 5.56 Å². The zero-order valence-electron chi connectivity index (χ0n) is 21.0. The van der Waals surface area contributed by atoms with Crippen molar-refractivity contribution >= 4 is 29.1 Å². The maximum atomic E-state index is 12.2. The third kappa shape index (κ3) is 5.42. The quantitative estimate of drug-likeness (QED) is 0.260. The summed E-state index contributed by atoms with van der Waals surface area (Å²) in [5.41, 5.74) is 3.18. The molecule has 0 atom stereocenters. The van der Waals surface area contributed by atoms with E-state index in [1.54, 1.807) is 12.1 Å². The molecular formula is C31H30ClNO5. The number of aromatic hydroxyl groups is 1. The van der Waals surface area contributed by atoms with Gasteiger partial charge in [-0.25, -0.2) is 4.79 Å². The highest BCUT2D eigenvalue weighted by Crippen LogP contribution is 2.41. The number of ether oxygens (including phenoxy) is 3. The van der Waals surface area contributed by atoms with Crippen LogP contribution in [-0.2, 0) is 11.3 Å². The molecule has 0 radical (unpaired) electrons. The highest BCUT2D eigenvalue weighted by Gasteiger charge is 2.23. The highest BCUT2D eigenvalue weighted by atomic mass is 35.5. The molecule has 0 bridgehead atoms. The molecule has 0 spiro atoms. The number of phenols is 1. The second-order valence-corrected chi connectivity index (χ2v) is 9.62. The molecule has 2 aliphatic heterocycles. The van der Waals surface area contributed by atoms with E-state index in [-0.39, 0.29) is 24.1 Å². The summed E-state index contributed by atoms with van der Waals surface area (Å²) in [7, 11) is 0. The monoisotopic (exact) mass is 531 g/mol. The largest absolute Gasteiger partial charge is 0.508 e. The summed E-state index contributed by atoms with van der Waals surface area (Å²) >= 11 is 0. The molecule has 0 unspecified atom stereocenters. The SMILES string of the molecule is Cl.O=C1OCc2ccc(-c3ccc4cc(O)ccc4c3Oc3ccc(OCCN4CCCCC4)cc3)cc21. The van der Waals surface area contributed by atoms with Gasteiger partial charge in [-0.15, -0.1) is 12.4 Å². The fourth-order valence-corrected chi connectivity index (χ4v) is 5.10. The van der Waals surface area contributed by atoms with Gasteiger partial charge in [-0.2, -0.15) is 0 Å². The average molecular weight is 532 g/mol. The summed E-state index contributed by atoms with van der Waals surface area (Å²) in [6, 6.07) is 22.5. The third-order valence-electron chi connectivity index (χ3n) is 7.12. The Kier molecular flexibility index (Phi) is 7.72. The van der Waals surface area contributed by atoms with Crippen LogP contribution in [0.25, 0.3) is 21.9 Å². The second-order valence-electron chi connectivity index (χ2n) is 9.62. The lowest BCUT2D eigenvalue weighted by atomic mass is 9.96. The number of carbonyl (C=O) groups excluding carboxylic acids is 1. The molecule has 4 aromatic carbocycles. The molecule has 0 aromatic heterocycles. The number of phenolic OH excluding ortho intramolecular Hbond substituents is 1. The van der Waals surface area contributed by atoms with Gasteiger partial charge in [-0.1, -0.05) is 24.6 Å². The Bertz CT molecular complexity index is 1450. The van der Waals surface area contributed by atoms with E-state index in [1.807, 2.05) is 60.7 Å². The zero-order chi connectivity index (χ0) is 25.2. The first-order valence-corrected chi connectivity index (χ1v) is 12.8. The summed E-state index contributed by atoms with van der Waals surface area (Å²) in [4.78, 5) is 14.6. The zero-order valence-corrected chi connectivity index (χ0v) is 21.8.